The topological polar surface area (TPSA) is 120 Å². The van der Waals surface area contributed by atoms with Gasteiger partial charge in [0.05, 0.1) is 25.9 Å². The Bertz CT molecular complexity index is 1860. The van der Waals surface area contributed by atoms with Crippen LogP contribution in [-0.4, -0.2) is 107 Å². The number of hydrogen-bond donors (Lipinski definition) is 2. The molecule has 2 fully saturated rings. The van der Waals surface area contributed by atoms with Crippen LogP contribution in [0, 0.1) is 5.82 Å². The standard InChI is InChI=1S/C37H47FN8O4/c1-6-27(29(21-47)35(40-4)46-18-17-45-31-10-8-7-9-28(31)33(38)34(45)37(46)49)25-19-30(36(48)42(5)20-25)41-32(39-3)12-11-24(2)43-13-15-44(16-14-43)26-22-50-23-26/h6,11-12,19-20,26,41,47H,3-4,7-10,13-18,21-23H2,1-2,5H3/b24-11+,27-6-,32-12+,35-29+. The molecule has 0 bridgehead atoms. The number of hydrogen-bond acceptors (Lipinski definition) is 9. The summed E-state index contributed by atoms with van der Waals surface area (Å²) in [6, 6.07) is 2.20. The third-order valence-corrected chi connectivity index (χ3v) is 10.3. The highest BCUT2D eigenvalue weighted by atomic mass is 19.1. The summed E-state index contributed by atoms with van der Waals surface area (Å²) in [7, 11) is 1.64. The van der Waals surface area contributed by atoms with Crippen molar-refractivity contribution in [2.24, 2.45) is 17.0 Å². The highest BCUT2D eigenvalue weighted by molar-refractivity contribution is 5.96. The number of aliphatic hydroxyl groups is 1. The largest absolute Gasteiger partial charge is 0.392 e. The molecule has 0 radical (unpaired) electrons. The number of fused-ring (bicyclic) bond motifs is 3. The minimum Gasteiger partial charge on any atom is -0.392 e. The van der Waals surface area contributed by atoms with Crippen molar-refractivity contribution >= 4 is 30.6 Å². The first-order chi connectivity index (χ1) is 24.2. The van der Waals surface area contributed by atoms with E-state index in [1.165, 1.54) is 9.47 Å². The molecule has 13 heteroatoms. The summed E-state index contributed by atoms with van der Waals surface area (Å²) in [6.45, 7) is 16.9. The number of aliphatic hydroxyl groups excluding tert-OH is 1. The number of carbonyl (C=O) groups is 1. The first-order valence-corrected chi connectivity index (χ1v) is 17.3. The Morgan fingerprint density at radius 1 is 1.08 bits per heavy atom. The number of allylic oxidation sites excluding steroid dienone is 4. The summed E-state index contributed by atoms with van der Waals surface area (Å²) in [6.07, 6.45) is 10.4. The third kappa shape index (κ3) is 6.64. The summed E-state index contributed by atoms with van der Waals surface area (Å²) in [5, 5.41) is 13.8. The Kier molecular flexibility index (Phi) is 10.7. The lowest BCUT2D eigenvalue weighted by Gasteiger charge is -2.43. The molecule has 2 saturated heterocycles. The molecule has 1 aliphatic carbocycles. The van der Waals surface area contributed by atoms with Gasteiger partial charge < -0.3 is 29.2 Å². The Hall–Kier alpha value is -4.59. The summed E-state index contributed by atoms with van der Waals surface area (Å²) in [4.78, 5) is 41.7. The zero-order valence-electron chi connectivity index (χ0n) is 29.3. The summed E-state index contributed by atoms with van der Waals surface area (Å²) < 4.78 is 24.2. The predicted molar refractivity (Wildman–Crippen MR) is 194 cm³/mol. The molecule has 6 rings (SSSR count). The zero-order valence-corrected chi connectivity index (χ0v) is 29.3. The molecule has 4 aliphatic rings. The van der Waals surface area contributed by atoms with Crippen molar-refractivity contribution in [2.45, 2.75) is 52.1 Å². The number of amides is 1. The van der Waals surface area contributed by atoms with Crippen molar-refractivity contribution in [1.82, 2.24) is 23.8 Å². The number of nitrogens with one attached hydrogen (secondary N) is 1. The maximum atomic E-state index is 15.6. The van der Waals surface area contributed by atoms with Gasteiger partial charge in [-0.1, -0.05) is 6.08 Å². The van der Waals surface area contributed by atoms with Crippen LogP contribution in [0.3, 0.4) is 0 Å². The number of rotatable bonds is 11. The highest BCUT2D eigenvalue weighted by Gasteiger charge is 2.37. The molecular weight excluding hydrogens is 639 g/mol. The van der Waals surface area contributed by atoms with Crippen LogP contribution < -0.4 is 10.9 Å². The van der Waals surface area contributed by atoms with E-state index in [9.17, 15) is 14.7 Å². The van der Waals surface area contributed by atoms with Crippen LogP contribution in [0.4, 0.5) is 10.1 Å². The molecular formula is C37H47FN8O4. The van der Waals surface area contributed by atoms with Crippen LogP contribution in [0.1, 0.15) is 54.0 Å². The average Bonchev–Trinajstić information content (AvgIpc) is 3.40. The molecule has 1 amide bonds. The molecule has 0 saturated carbocycles. The Morgan fingerprint density at radius 2 is 1.82 bits per heavy atom. The van der Waals surface area contributed by atoms with Crippen molar-refractivity contribution in [3.8, 4) is 0 Å². The van der Waals surface area contributed by atoms with Gasteiger partial charge in [0.15, 0.2) is 5.82 Å². The van der Waals surface area contributed by atoms with Crippen LogP contribution in [0.25, 0.3) is 5.57 Å². The molecule has 2 N–H and O–H groups in total. The molecule has 0 spiro atoms. The second-order valence-electron chi connectivity index (χ2n) is 13.1. The fraction of sp³-hybridized carbons (Fsp3) is 0.459. The van der Waals surface area contributed by atoms with E-state index < -0.39 is 18.3 Å². The molecule has 0 aromatic carbocycles. The van der Waals surface area contributed by atoms with E-state index in [4.69, 9.17) is 4.74 Å². The number of anilines is 1. The first-order valence-electron chi connectivity index (χ1n) is 17.3. The molecule has 12 nitrogen and oxygen atoms in total. The monoisotopic (exact) mass is 686 g/mol. The van der Waals surface area contributed by atoms with Crippen molar-refractivity contribution < 1.29 is 19.0 Å². The van der Waals surface area contributed by atoms with Crippen LogP contribution in [-0.2, 0) is 31.2 Å². The van der Waals surface area contributed by atoms with Crippen molar-refractivity contribution in [3.05, 3.63) is 92.1 Å². The normalized spacial score (nSPS) is 19.9. The number of halogens is 1. The lowest BCUT2D eigenvalue weighted by atomic mass is 9.97. The summed E-state index contributed by atoms with van der Waals surface area (Å²) in [5.74, 6) is -0.437. The van der Waals surface area contributed by atoms with Crippen molar-refractivity contribution in [2.75, 3.05) is 57.9 Å². The van der Waals surface area contributed by atoms with Gasteiger partial charge in [0.1, 0.15) is 23.0 Å². The van der Waals surface area contributed by atoms with Gasteiger partial charge in [-0.3, -0.25) is 19.4 Å². The number of aryl methyl sites for hydroxylation is 1. The smallest absolute Gasteiger partial charge is 0.279 e. The Balaban J connectivity index is 1.26. The minimum atomic E-state index is -0.514. The number of aromatic nitrogens is 2. The predicted octanol–water partition coefficient (Wildman–Crippen LogP) is 3.54. The fourth-order valence-corrected chi connectivity index (χ4v) is 7.44. The van der Waals surface area contributed by atoms with Crippen LogP contribution in [0.15, 0.2) is 68.2 Å². The number of piperazine rings is 1. The van der Waals surface area contributed by atoms with E-state index in [1.807, 2.05) is 10.6 Å². The van der Waals surface area contributed by atoms with Crippen molar-refractivity contribution in [3.63, 3.8) is 0 Å². The van der Waals surface area contributed by atoms with E-state index in [1.54, 1.807) is 38.4 Å². The van der Waals surface area contributed by atoms with Crippen LogP contribution >= 0.6 is 0 Å². The Labute approximate surface area is 292 Å². The molecule has 2 aromatic rings. The zero-order chi connectivity index (χ0) is 35.5. The van der Waals surface area contributed by atoms with E-state index in [0.717, 1.165) is 70.0 Å². The van der Waals surface area contributed by atoms with Crippen LogP contribution in [0.2, 0.25) is 0 Å². The maximum absolute atomic E-state index is 15.6. The van der Waals surface area contributed by atoms with Gasteiger partial charge in [0, 0.05) is 80.6 Å². The maximum Gasteiger partial charge on any atom is 0.279 e. The number of ether oxygens (including phenoxy) is 1. The van der Waals surface area contributed by atoms with E-state index >= 15 is 4.39 Å². The quantitative estimate of drug-likeness (QED) is 0.274. The van der Waals surface area contributed by atoms with Gasteiger partial charge >= 0.3 is 0 Å². The van der Waals surface area contributed by atoms with Gasteiger partial charge in [-0.25, -0.2) is 14.4 Å². The SMILES string of the molecule is C=N/C(=C\C=C(/C)N1CCN(C2COC2)CC1)Nc1cc(C(=C/C)/C(CO)=C(\N=C)N2CCn3c4c(c(F)c3C2=O)CCCC4)cn(C)c1=O. The molecule has 0 atom stereocenters. The fourth-order valence-electron chi connectivity index (χ4n) is 7.44. The first kappa shape index (κ1) is 35.2. The minimum absolute atomic E-state index is 0.0313. The summed E-state index contributed by atoms with van der Waals surface area (Å²) in [5.41, 5.74) is 4.05. The van der Waals surface area contributed by atoms with Crippen molar-refractivity contribution in [1.29, 1.82) is 0 Å². The van der Waals surface area contributed by atoms with Gasteiger partial charge in [0.2, 0.25) is 0 Å². The molecule has 5 heterocycles. The molecule has 0 unspecified atom stereocenters. The second kappa shape index (κ2) is 15.1. The van der Waals surface area contributed by atoms with Crippen LogP contribution in [0.5, 0.6) is 0 Å². The lowest BCUT2D eigenvalue weighted by Crippen LogP contribution is -2.56. The third-order valence-electron chi connectivity index (χ3n) is 10.3. The molecule has 3 aliphatic heterocycles. The van der Waals surface area contributed by atoms with E-state index in [0.29, 0.717) is 47.1 Å². The lowest BCUT2D eigenvalue weighted by molar-refractivity contribution is -0.0747. The number of pyridine rings is 1. The molecule has 2 aromatic heterocycles. The van der Waals surface area contributed by atoms with Gasteiger partial charge in [-0.05, 0) is 76.8 Å². The number of aliphatic imine (C=N–C) groups is 2. The van der Waals surface area contributed by atoms with E-state index in [-0.39, 0.29) is 29.3 Å². The second-order valence-corrected chi connectivity index (χ2v) is 13.1. The van der Waals surface area contributed by atoms with Gasteiger partial charge in [0.25, 0.3) is 11.5 Å². The van der Waals surface area contributed by atoms with E-state index in [2.05, 4.69) is 45.5 Å². The average molecular weight is 687 g/mol. The Morgan fingerprint density at radius 3 is 2.46 bits per heavy atom. The number of carbonyl (C=O) groups excluding carboxylic acids is 1. The highest BCUT2D eigenvalue weighted by Crippen LogP contribution is 2.35. The molecule has 266 valence electrons. The van der Waals surface area contributed by atoms with Gasteiger partial charge in [-0.15, -0.1) is 0 Å². The molecule has 50 heavy (non-hydrogen) atoms. The summed E-state index contributed by atoms with van der Waals surface area (Å²) >= 11 is 0. The van der Waals surface area contributed by atoms with Gasteiger partial charge in [-0.2, -0.15) is 0 Å². The number of nitrogens with zero attached hydrogens (tertiary/aromatic N) is 7.